The van der Waals surface area contributed by atoms with Gasteiger partial charge in [-0.15, -0.1) is 0 Å². The number of rotatable bonds is 4. The summed E-state index contributed by atoms with van der Waals surface area (Å²) >= 11 is 0. The van der Waals surface area contributed by atoms with Gasteiger partial charge in [-0.25, -0.2) is 4.79 Å². The van der Waals surface area contributed by atoms with E-state index in [1.54, 1.807) is 19.1 Å². The predicted octanol–water partition coefficient (Wildman–Crippen LogP) is 2.47. The summed E-state index contributed by atoms with van der Waals surface area (Å²) in [5.41, 5.74) is 0.371. The summed E-state index contributed by atoms with van der Waals surface area (Å²) in [6.07, 6.45) is 1.65. The minimum Gasteiger partial charge on any atom is -0.478 e. The van der Waals surface area contributed by atoms with Crippen LogP contribution in [0.5, 0.6) is 0 Å². The van der Waals surface area contributed by atoms with Crippen LogP contribution in [0.1, 0.15) is 18.9 Å². The van der Waals surface area contributed by atoms with E-state index in [0.29, 0.717) is 12.0 Å². The number of aliphatic carboxylic acids is 1. The molecule has 0 radical (unpaired) electrons. The molecular formula is C11H11NO4. The summed E-state index contributed by atoms with van der Waals surface area (Å²) in [4.78, 5) is 20.9. The molecular weight excluding hydrogens is 210 g/mol. The molecule has 16 heavy (non-hydrogen) atoms. The summed E-state index contributed by atoms with van der Waals surface area (Å²) in [5, 5.41) is 19.5. The molecule has 0 aliphatic carbocycles. The van der Waals surface area contributed by atoms with Crippen LogP contribution in [0.2, 0.25) is 0 Å². The van der Waals surface area contributed by atoms with E-state index in [9.17, 15) is 14.9 Å². The minimum absolute atomic E-state index is 0.0882. The number of carboxylic acid groups (broad SMARTS) is 1. The van der Waals surface area contributed by atoms with Gasteiger partial charge in [-0.2, -0.15) is 0 Å². The normalized spacial score (nSPS) is 11.2. The van der Waals surface area contributed by atoms with E-state index < -0.39 is 10.9 Å². The molecule has 0 heterocycles. The molecule has 1 rings (SSSR count). The van der Waals surface area contributed by atoms with E-state index in [4.69, 9.17) is 5.11 Å². The van der Waals surface area contributed by atoms with Crippen LogP contribution in [0.25, 0.3) is 6.08 Å². The van der Waals surface area contributed by atoms with Crippen LogP contribution < -0.4 is 0 Å². The highest BCUT2D eigenvalue weighted by Crippen LogP contribution is 2.21. The number of hydrogen-bond donors (Lipinski definition) is 1. The molecule has 1 aromatic carbocycles. The molecule has 0 spiro atoms. The second-order valence-corrected chi connectivity index (χ2v) is 3.14. The second kappa shape index (κ2) is 5.06. The fourth-order valence-electron chi connectivity index (χ4n) is 1.28. The molecule has 0 saturated heterocycles. The van der Waals surface area contributed by atoms with Crippen LogP contribution in [-0.2, 0) is 4.79 Å². The molecule has 0 amide bonds. The van der Waals surface area contributed by atoms with Crippen LogP contribution in [0.4, 0.5) is 5.69 Å². The SMILES string of the molecule is CCC(=Cc1ccccc1[N+](=O)[O-])C(=O)O. The van der Waals surface area contributed by atoms with Crippen LogP contribution >= 0.6 is 0 Å². The van der Waals surface area contributed by atoms with Gasteiger partial charge < -0.3 is 5.11 Å². The number of carboxylic acids is 1. The molecule has 0 aliphatic rings. The fourth-order valence-corrected chi connectivity index (χ4v) is 1.28. The Morgan fingerprint density at radius 3 is 2.62 bits per heavy atom. The van der Waals surface area contributed by atoms with E-state index in [0.717, 1.165) is 0 Å². The highest BCUT2D eigenvalue weighted by atomic mass is 16.6. The zero-order valence-corrected chi connectivity index (χ0v) is 8.71. The fraction of sp³-hybridized carbons (Fsp3) is 0.182. The van der Waals surface area contributed by atoms with E-state index in [1.807, 2.05) is 0 Å². The standard InChI is InChI=1S/C11H11NO4/c1-2-8(11(13)14)7-9-5-3-4-6-10(9)12(15)16/h3-7H,2H2,1H3,(H,13,14). The lowest BCUT2D eigenvalue weighted by atomic mass is 10.1. The Morgan fingerprint density at radius 1 is 1.50 bits per heavy atom. The maximum Gasteiger partial charge on any atom is 0.331 e. The lowest BCUT2D eigenvalue weighted by Gasteiger charge is -1.99. The third-order valence-corrected chi connectivity index (χ3v) is 2.12. The van der Waals surface area contributed by atoms with Gasteiger partial charge in [-0.1, -0.05) is 19.1 Å². The lowest BCUT2D eigenvalue weighted by molar-refractivity contribution is -0.385. The number of nitrogens with zero attached hydrogens (tertiary/aromatic N) is 1. The molecule has 0 aromatic heterocycles. The van der Waals surface area contributed by atoms with Crippen molar-refractivity contribution in [2.24, 2.45) is 0 Å². The molecule has 1 aromatic rings. The van der Waals surface area contributed by atoms with Gasteiger partial charge in [0.25, 0.3) is 5.69 Å². The quantitative estimate of drug-likeness (QED) is 0.481. The Hall–Kier alpha value is -2.17. The van der Waals surface area contributed by atoms with Crippen molar-refractivity contribution in [1.29, 1.82) is 0 Å². The molecule has 0 aliphatic heterocycles. The molecule has 0 fully saturated rings. The predicted molar refractivity (Wildman–Crippen MR) is 59.0 cm³/mol. The van der Waals surface area contributed by atoms with Crippen molar-refractivity contribution in [3.63, 3.8) is 0 Å². The van der Waals surface area contributed by atoms with Crippen molar-refractivity contribution in [3.05, 3.63) is 45.5 Å². The van der Waals surface area contributed by atoms with E-state index >= 15 is 0 Å². The molecule has 0 atom stereocenters. The number of para-hydroxylation sites is 1. The first kappa shape index (κ1) is 11.9. The van der Waals surface area contributed by atoms with Crippen LogP contribution in [0, 0.1) is 10.1 Å². The van der Waals surface area contributed by atoms with E-state index in [-0.39, 0.29) is 11.3 Å². The Kier molecular flexibility index (Phi) is 3.77. The average molecular weight is 221 g/mol. The Labute approximate surface area is 92.2 Å². The third-order valence-electron chi connectivity index (χ3n) is 2.12. The Bertz CT molecular complexity index is 451. The van der Waals surface area contributed by atoms with Gasteiger partial charge in [0.1, 0.15) is 0 Å². The molecule has 0 unspecified atom stereocenters. The van der Waals surface area contributed by atoms with Crippen molar-refractivity contribution in [1.82, 2.24) is 0 Å². The summed E-state index contributed by atoms with van der Waals surface area (Å²) in [6.45, 7) is 1.69. The first-order chi connectivity index (χ1) is 7.56. The molecule has 5 nitrogen and oxygen atoms in total. The zero-order chi connectivity index (χ0) is 12.1. The van der Waals surface area contributed by atoms with Crippen molar-refractivity contribution < 1.29 is 14.8 Å². The maximum absolute atomic E-state index is 10.8. The Balaban J connectivity index is 3.23. The largest absolute Gasteiger partial charge is 0.478 e. The first-order valence-electron chi connectivity index (χ1n) is 4.73. The van der Waals surface area contributed by atoms with Crippen molar-refractivity contribution in [2.45, 2.75) is 13.3 Å². The molecule has 0 saturated carbocycles. The van der Waals surface area contributed by atoms with Crippen LogP contribution in [0.15, 0.2) is 29.8 Å². The van der Waals surface area contributed by atoms with Crippen LogP contribution in [0.3, 0.4) is 0 Å². The van der Waals surface area contributed by atoms with Gasteiger partial charge in [-0.3, -0.25) is 10.1 Å². The first-order valence-corrected chi connectivity index (χ1v) is 4.73. The van der Waals surface area contributed by atoms with Gasteiger partial charge in [0.2, 0.25) is 0 Å². The topological polar surface area (TPSA) is 80.4 Å². The summed E-state index contributed by atoms with van der Waals surface area (Å²) < 4.78 is 0. The molecule has 0 bridgehead atoms. The number of hydrogen-bond acceptors (Lipinski definition) is 3. The van der Waals surface area contributed by atoms with Crippen molar-refractivity contribution in [2.75, 3.05) is 0 Å². The summed E-state index contributed by atoms with van der Waals surface area (Å²) in [5.74, 6) is -1.05. The summed E-state index contributed by atoms with van der Waals surface area (Å²) in [7, 11) is 0. The molecule has 1 N–H and O–H groups in total. The third kappa shape index (κ3) is 2.66. The second-order valence-electron chi connectivity index (χ2n) is 3.14. The molecule has 5 heteroatoms. The number of nitro benzene ring substituents is 1. The van der Waals surface area contributed by atoms with E-state index in [1.165, 1.54) is 18.2 Å². The summed E-state index contributed by atoms with van der Waals surface area (Å²) in [6, 6.07) is 6.05. The van der Waals surface area contributed by atoms with Gasteiger partial charge >= 0.3 is 5.97 Å². The van der Waals surface area contributed by atoms with Gasteiger partial charge in [0.15, 0.2) is 0 Å². The van der Waals surface area contributed by atoms with Gasteiger partial charge in [0.05, 0.1) is 10.5 Å². The zero-order valence-electron chi connectivity index (χ0n) is 8.71. The van der Waals surface area contributed by atoms with Crippen molar-refractivity contribution in [3.8, 4) is 0 Å². The van der Waals surface area contributed by atoms with E-state index in [2.05, 4.69) is 0 Å². The minimum atomic E-state index is -1.05. The van der Waals surface area contributed by atoms with Gasteiger partial charge in [0, 0.05) is 11.6 Å². The number of nitro groups is 1. The average Bonchev–Trinajstić information content (AvgIpc) is 2.25. The number of benzene rings is 1. The monoisotopic (exact) mass is 221 g/mol. The Morgan fingerprint density at radius 2 is 2.12 bits per heavy atom. The van der Waals surface area contributed by atoms with Gasteiger partial charge in [-0.05, 0) is 18.6 Å². The number of carbonyl (C=O) groups is 1. The highest BCUT2D eigenvalue weighted by molar-refractivity contribution is 5.92. The van der Waals surface area contributed by atoms with Crippen molar-refractivity contribution >= 4 is 17.7 Å². The maximum atomic E-state index is 10.8. The lowest BCUT2D eigenvalue weighted by Crippen LogP contribution is -1.99. The molecule has 84 valence electrons. The highest BCUT2D eigenvalue weighted by Gasteiger charge is 2.12. The van der Waals surface area contributed by atoms with Crippen LogP contribution in [-0.4, -0.2) is 16.0 Å². The smallest absolute Gasteiger partial charge is 0.331 e.